The van der Waals surface area contributed by atoms with Crippen molar-refractivity contribution in [1.29, 1.82) is 0 Å². The van der Waals surface area contributed by atoms with E-state index in [0.29, 0.717) is 13.1 Å². The van der Waals surface area contributed by atoms with Gasteiger partial charge in [-0.15, -0.1) is 0 Å². The number of nitrogens with zero attached hydrogens (tertiary/aromatic N) is 1. The Kier molecular flexibility index (Phi) is 6.87. The molecule has 1 saturated heterocycles. The molecule has 2 unspecified atom stereocenters. The zero-order chi connectivity index (χ0) is 17.0. The van der Waals surface area contributed by atoms with Crippen molar-refractivity contribution in [3.05, 3.63) is 0 Å². The summed E-state index contributed by atoms with van der Waals surface area (Å²) in [6.07, 6.45) is 2.90. The number of hydrogen-bond acceptors (Lipinski definition) is 3. The zero-order valence-electron chi connectivity index (χ0n) is 15.5. The van der Waals surface area contributed by atoms with E-state index in [1.54, 1.807) is 0 Å². The van der Waals surface area contributed by atoms with Crippen LogP contribution in [0.5, 0.6) is 0 Å². The van der Waals surface area contributed by atoms with Crippen molar-refractivity contribution in [3.8, 4) is 0 Å². The summed E-state index contributed by atoms with van der Waals surface area (Å²) in [7, 11) is 0. The Balaban J connectivity index is 2.66. The molecule has 4 nitrogen and oxygen atoms in total. The SMILES string of the molecule is CCC(CC)(CN)C(=O)NCC(C)(C)N1CC(C)CC(C)C1. The van der Waals surface area contributed by atoms with Gasteiger partial charge in [0.1, 0.15) is 0 Å². The van der Waals surface area contributed by atoms with Crippen LogP contribution in [-0.4, -0.2) is 42.5 Å². The van der Waals surface area contributed by atoms with E-state index in [-0.39, 0.29) is 11.4 Å². The van der Waals surface area contributed by atoms with Gasteiger partial charge in [0.25, 0.3) is 0 Å². The molecule has 0 aromatic rings. The fourth-order valence-electron chi connectivity index (χ4n) is 3.71. The minimum absolute atomic E-state index is 0.0135. The van der Waals surface area contributed by atoms with E-state index < -0.39 is 5.41 Å². The van der Waals surface area contributed by atoms with Crippen LogP contribution < -0.4 is 11.1 Å². The first-order valence-corrected chi connectivity index (χ1v) is 8.94. The van der Waals surface area contributed by atoms with Crippen molar-refractivity contribution in [2.24, 2.45) is 23.0 Å². The fourth-order valence-corrected chi connectivity index (χ4v) is 3.71. The van der Waals surface area contributed by atoms with E-state index in [9.17, 15) is 4.79 Å². The molecular weight excluding hydrogens is 274 g/mol. The van der Waals surface area contributed by atoms with Crippen molar-refractivity contribution in [3.63, 3.8) is 0 Å². The Hall–Kier alpha value is -0.610. The van der Waals surface area contributed by atoms with Crippen molar-refractivity contribution in [2.75, 3.05) is 26.2 Å². The molecule has 0 spiro atoms. The van der Waals surface area contributed by atoms with Gasteiger partial charge in [0.05, 0.1) is 5.41 Å². The minimum Gasteiger partial charge on any atom is -0.354 e. The highest BCUT2D eigenvalue weighted by Gasteiger charge is 2.36. The lowest BCUT2D eigenvalue weighted by atomic mass is 9.81. The van der Waals surface area contributed by atoms with Gasteiger partial charge in [-0.3, -0.25) is 9.69 Å². The summed E-state index contributed by atoms with van der Waals surface area (Å²) >= 11 is 0. The molecule has 130 valence electrons. The Labute approximate surface area is 137 Å². The first-order valence-electron chi connectivity index (χ1n) is 8.94. The molecule has 0 radical (unpaired) electrons. The molecule has 22 heavy (non-hydrogen) atoms. The van der Waals surface area contributed by atoms with Gasteiger partial charge in [0.2, 0.25) is 5.91 Å². The minimum atomic E-state index is -0.404. The van der Waals surface area contributed by atoms with Crippen LogP contribution in [0.15, 0.2) is 0 Å². The van der Waals surface area contributed by atoms with E-state index in [2.05, 4.69) is 51.8 Å². The Morgan fingerprint density at radius 2 is 1.68 bits per heavy atom. The van der Waals surface area contributed by atoms with Crippen LogP contribution in [-0.2, 0) is 4.79 Å². The number of carbonyl (C=O) groups is 1. The lowest BCUT2D eigenvalue weighted by Gasteiger charge is -2.45. The maximum atomic E-state index is 12.6. The van der Waals surface area contributed by atoms with E-state index in [4.69, 9.17) is 5.73 Å². The van der Waals surface area contributed by atoms with Gasteiger partial charge in [-0.25, -0.2) is 0 Å². The average Bonchev–Trinajstić information content (AvgIpc) is 2.46. The maximum Gasteiger partial charge on any atom is 0.227 e. The van der Waals surface area contributed by atoms with E-state index in [0.717, 1.165) is 37.8 Å². The lowest BCUT2D eigenvalue weighted by Crippen LogP contribution is -2.57. The largest absolute Gasteiger partial charge is 0.354 e. The zero-order valence-corrected chi connectivity index (χ0v) is 15.5. The number of nitrogens with two attached hydrogens (primary N) is 1. The van der Waals surface area contributed by atoms with Crippen LogP contribution in [0, 0.1) is 17.3 Å². The second-order valence-electron chi connectivity index (χ2n) is 8.04. The van der Waals surface area contributed by atoms with Crippen LogP contribution in [0.4, 0.5) is 0 Å². The van der Waals surface area contributed by atoms with Crippen LogP contribution >= 0.6 is 0 Å². The molecule has 1 fully saturated rings. The van der Waals surface area contributed by atoms with E-state index >= 15 is 0 Å². The quantitative estimate of drug-likeness (QED) is 0.760. The number of likely N-dealkylation sites (tertiary alicyclic amines) is 1. The van der Waals surface area contributed by atoms with Crippen molar-refractivity contribution < 1.29 is 4.79 Å². The van der Waals surface area contributed by atoms with Gasteiger partial charge in [-0.1, -0.05) is 27.7 Å². The Morgan fingerprint density at radius 3 is 2.09 bits per heavy atom. The lowest BCUT2D eigenvalue weighted by molar-refractivity contribution is -0.131. The summed E-state index contributed by atoms with van der Waals surface area (Å²) in [5.74, 6) is 1.58. The molecule has 3 N–H and O–H groups in total. The van der Waals surface area contributed by atoms with Crippen molar-refractivity contribution in [2.45, 2.75) is 66.3 Å². The van der Waals surface area contributed by atoms with Gasteiger partial charge >= 0.3 is 0 Å². The number of nitrogens with one attached hydrogen (secondary N) is 1. The molecule has 2 atom stereocenters. The standard InChI is InChI=1S/C18H37N3O/c1-7-18(8-2,12-19)16(22)20-13-17(5,6)21-10-14(3)9-15(4)11-21/h14-15H,7-13,19H2,1-6H3,(H,20,22). The second kappa shape index (κ2) is 7.78. The first-order chi connectivity index (χ1) is 10.2. The summed E-state index contributed by atoms with van der Waals surface area (Å²) < 4.78 is 0. The molecule has 1 aliphatic heterocycles. The number of rotatable bonds is 7. The van der Waals surface area contributed by atoms with Crippen molar-refractivity contribution >= 4 is 5.91 Å². The maximum absolute atomic E-state index is 12.6. The second-order valence-corrected chi connectivity index (χ2v) is 8.04. The Bertz CT molecular complexity index is 345. The normalized spacial score (nSPS) is 24.3. The average molecular weight is 312 g/mol. The third-order valence-electron chi connectivity index (χ3n) is 5.63. The third-order valence-corrected chi connectivity index (χ3v) is 5.63. The van der Waals surface area contributed by atoms with Gasteiger partial charge in [0, 0.05) is 31.7 Å². The van der Waals surface area contributed by atoms with Gasteiger partial charge in [-0.05, 0) is 44.9 Å². The molecule has 1 amide bonds. The molecule has 0 aliphatic carbocycles. The highest BCUT2D eigenvalue weighted by atomic mass is 16.2. The highest BCUT2D eigenvalue weighted by Crippen LogP contribution is 2.28. The molecule has 0 bridgehead atoms. The van der Waals surface area contributed by atoms with Gasteiger partial charge in [0.15, 0.2) is 0 Å². The van der Waals surface area contributed by atoms with E-state index in [1.165, 1.54) is 6.42 Å². The molecule has 0 saturated carbocycles. The number of piperidine rings is 1. The highest BCUT2D eigenvalue weighted by molar-refractivity contribution is 5.82. The molecule has 0 aromatic carbocycles. The predicted molar refractivity (Wildman–Crippen MR) is 93.7 cm³/mol. The fraction of sp³-hybridized carbons (Fsp3) is 0.944. The van der Waals surface area contributed by atoms with Gasteiger partial charge in [-0.2, -0.15) is 0 Å². The van der Waals surface area contributed by atoms with Crippen molar-refractivity contribution in [1.82, 2.24) is 10.2 Å². The molecule has 1 rings (SSSR count). The Morgan fingerprint density at radius 1 is 1.18 bits per heavy atom. The predicted octanol–water partition coefficient (Wildman–Crippen LogP) is 2.62. The monoisotopic (exact) mass is 311 g/mol. The molecule has 4 heteroatoms. The van der Waals surface area contributed by atoms with Crippen LogP contribution in [0.1, 0.15) is 60.8 Å². The number of hydrogen-bond donors (Lipinski definition) is 2. The molecule has 0 aromatic heterocycles. The summed E-state index contributed by atoms with van der Waals surface area (Å²) in [6, 6.07) is 0. The third kappa shape index (κ3) is 4.45. The summed E-state index contributed by atoms with van der Waals surface area (Å²) in [4.78, 5) is 15.1. The van der Waals surface area contributed by atoms with E-state index in [1.807, 2.05) is 0 Å². The molecule has 1 aliphatic rings. The summed E-state index contributed by atoms with van der Waals surface area (Å²) in [5.41, 5.74) is 5.46. The number of carbonyl (C=O) groups excluding carboxylic acids is 1. The van der Waals surface area contributed by atoms with Crippen LogP contribution in [0.2, 0.25) is 0 Å². The van der Waals surface area contributed by atoms with Crippen LogP contribution in [0.3, 0.4) is 0 Å². The summed E-state index contributed by atoms with van der Waals surface area (Å²) in [5, 5.41) is 3.18. The number of amides is 1. The smallest absolute Gasteiger partial charge is 0.227 e. The first kappa shape index (κ1) is 19.4. The summed E-state index contributed by atoms with van der Waals surface area (Å²) in [6.45, 7) is 16.6. The van der Waals surface area contributed by atoms with Crippen LogP contribution in [0.25, 0.3) is 0 Å². The molecular formula is C18H37N3O. The topological polar surface area (TPSA) is 58.4 Å². The molecule has 1 heterocycles. The van der Waals surface area contributed by atoms with Gasteiger partial charge < -0.3 is 11.1 Å².